The number of nitro benzene ring substituents is 1. The van der Waals surface area contributed by atoms with Crippen molar-refractivity contribution in [2.75, 3.05) is 69.8 Å². The number of likely N-dealkylation sites (tertiary alicyclic amines) is 1. The van der Waals surface area contributed by atoms with E-state index in [4.69, 9.17) is 4.74 Å². The van der Waals surface area contributed by atoms with Crippen molar-refractivity contribution in [1.29, 1.82) is 0 Å². The molecule has 2 fully saturated rings. The molecule has 0 aliphatic carbocycles. The van der Waals surface area contributed by atoms with Crippen molar-refractivity contribution in [3.63, 3.8) is 0 Å². The average molecular weight is 427 g/mol. The van der Waals surface area contributed by atoms with Gasteiger partial charge < -0.3 is 14.5 Å². The summed E-state index contributed by atoms with van der Waals surface area (Å²) in [5.74, 6) is 0.520. The van der Waals surface area contributed by atoms with Crippen LogP contribution >= 0.6 is 0 Å². The molecule has 162 valence electrons. The minimum atomic E-state index is -2.91. The highest BCUT2D eigenvalue weighted by Gasteiger charge is 2.28. The van der Waals surface area contributed by atoms with Gasteiger partial charge in [0, 0.05) is 62.8 Å². The van der Waals surface area contributed by atoms with E-state index in [1.54, 1.807) is 12.1 Å². The second-order valence-electron chi connectivity index (χ2n) is 7.84. The van der Waals surface area contributed by atoms with E-state index in [2.05, 4.69) is 14.7 Å². The summed E-state index contributed by atoms with van der Waals surface area (Å²) in [6.45, 7) is 6.16. The monoisotopic (exact) mass is 426 g/mol. The molecule has 2 saturated heterocycles. The van der Waals surface area contributed by atoms with Crippen LogP contribution < -0.4 is 9.64 Å². The van der Waals surface area contributed by atoms with Crippen LogP contribution in [0.25, 0.3) is 0 Å². The molecule has 2 aliphatic heterocycles. The quantitative estimate of drug-likeness (QED) is 0.475. The van der Waals surface area contributed by atoms with E-state index in [1.807, 2.05) is 0 Å². The SMILES string of the molecule is COc1cc(N2CCN(C3CCN(CCS(C)(=O)=O)CC3)CC2)ccc1[N+](=O)[O-]. The van der Waals surface area contributed by atoms with Gasteiger partial charge in [-0.3, -0.25) is 15.0 Å². The maximum Gasteiger partial charge on any atom is 0.311 e. The van der Waals surface area contributed by atoms with E-state index >= 15 is 0 Å². The van der Waals surface area contributed by atoms with Crippen LogP contribution in [0.1, 0.15) is 12.8 Å². The maximum absolute atomic E-state index is 11.3. The van der Waals surface area contributed by atoms with Gasteiger partial charge in [0.1, 0.15) is 9.84 Å². The number of rotatable bonds is 7. The first kappa shape index (κ1) is 21.8. The van der Waals surface area contributed by atoms with Crippen molar-refractivity contribution in [3.8, 4) is 5.75 Å². The van der Waals surface area contributed by atoms with Crippen LogP contribution in [0.15, 0.2) is 18.2 Å². The molecule has 0 spiro atoms. The van der Waals surface area contributed by atoms with E-state index in [-0.39, 0.29) is 17.2 Å². The van der Waals surface area contributed by atoms with E-state index in [9.17, 15) is 18.5 Å². The lowest BCUT2D eigenvalue weighted by atomic mass is 10.0. The number of piperazine rings is 1. The molecule has 0 bridgehead atoms. The van der Waals surface area contributed by atoms with Gasteiger partial charge in [0.25, 0.3) is 0 Å². The Hall–Kier alpha value is -1.91. The van der Waals surface area contributed by atoms with Crippen molar-refractivity contribution in [2.45, 2.75) is 18.9 Å². The van der Waals surface area contributed by atoms with Gasteiger partial charge >= 0.3 is 5.69 Å². The molecule has 0 aromatic heterocycles. The van der Waals surface area contributed by atoms with Gasteiger partial charge in [-0.25, -0.2) is 8.42 Å². The maximum atomic E-state index is 11.3. The number of piperidine rings is 1. The number of methoxy groups -OCH3 is 1. The minimum absolute atomic E-state index is 0.0162. The highest BCUT2D eigenvalue weighted by Crippen LogP contribution is 2.32. The highest BCUT2D eigenvalue weighted by atomic mass is 32.2. The summed E-state index contributed by atoms with van der Waals surface area (Å²) in [6, 6.07) is 5.58. The Morgan fingerprint density at radius 1 is 1.14 bits per heavy atom. The first-order valence-electron chi connectivity index (χ1n) is 9.98. The second kappa shape index (κ2) is 9.27. The van der Waals surface area contributed by atoms with Crippen molar-refractivity contribution in [2.24, 2.45) is 0 Å². The van der Waals surface area contributed by atoms with Crippen molar-refractivity contribution < 1.29 is 18.1 Å². The van der Waals surface area contributed by atoms with Gasteiger partial charge in [0.15, 0.2) is 5.75 Å². The normalized spacial score (nSPS) is 20.0. The van der Waals surface area contributed by atoms with Crippen LogP contribution in [-0.2, 0) is 9.84 Å². The predicted molar refractivity (Wildman–Crippen MR) is 113 cm³/mol. The molecular formula is C19H30N4O5S. The average Bonchev–Trinajstić information content (AvgIpc) is 2.71. The largest absolute Gasteiger partial charge is 0.490 e. The molecule has 1 aromatic rings. The molecule has 0 radical (unpaired) electrons. The fraction of sp³-hybridized carbons (Fsp3) is 0.684. The molecule has 2 heterocycles. The fourth-order valence-corrected chi connectivity index (χ4v) is 4.75. The first-order chi connectivity index (χ1) is 13.8. The number of nitro groups is 1. The summed E-state index contributed by atoms with van der Waals surface area (Å²) in [5.41, 5.74) is 0.931. The Balaban J connectivity index is 1.49. The summed E-state index contributed by atoms with van der Waals surface area (Å²) in [4.78, 5) is 17.7. The smallest absolute Gasteiger partial charge is 0.311 e. The molecular weight excluding hydrogens is 396 g/mol. The van der Waals surface area contributed by atoms with E-state index in [0.29, 0.717) is 12.6 Å². The summed E-state index contributed by atoms with van der Waals surface area (Å²) < 4.78 is 27.9. The molecule has 0 N–H and O–H groups in total. The predicted octanol–water partition coefficient (Wildman–Crippen LogP) is 1.23. The zero-order chi connectivity index (χ0) is 21.0. The van der Waals surface area contributed by atoms with Gasteiger partial charge in [-0.15, -0.1) is 0 Å². The molecule has 10 heteroatoms. The molecule has 0 unspecified atom stereocenters. The number of nitrogens with zero attached hydrogens (tertiary/aromatic N) is 4. The zero-order valence-corrected chi connectivity index (χ0v) is 17.9. The third-order valence-corrected chi connectivity index (χ3v) is 6.82. The van der Waals surface area contributed by atoms with Gasteiger partial charge in [-0.2, -0.15) is 0 Å². The molecule has 0 atom stereocenters. The third-order valence-electron chi connectivity index (χ3n) is 5.89. The first-order valence-corrected chi connectivity index (χ1v) is 12.0. The molecule has 29 heavy (non-hydrogen) atoms. The van der Waals surface area contributed by atoms with E-state index < -0.39 is 14.8 Å². The van der Waals surface area contributed by atoms with E-state index in [0.717, 1.165) is 57.8 Å². The molecule has 1 aromatic carbocycles. The van der Waals surface area contributed by atoms with Crippen molar-refractivity contribution in [1.82, 2.24) is 9.80 Å². The number of ether oxygens (including phenoxy) is 1. The van der Waals surface area contributed by atoms with Crippen LogP contribution in [0.2, 0.25) is 0 Å². The molecule has 2 aliphatic rings. The lowest BCUT2D eigenvalue weighted by Crippen LogP contribution is -2.53. The van der Waals surface area contributed by atoms with Crippen LogP contribution in [0, 0.1) is 10.1 Å². The van der Waals surface area contributed by atoms with E-state index in [1.165, 1.54) is 19.4 Å². The van der Waals surface area contributed by atoms with Crippen molar-refractivity contribution >= 4 is 21.2 Å². The Bertz CT molecular complexity index is 816. The standard InChI is InChI=1S/C19H30N4O5S/c1-28-19-15-17(3-4-18(19)23(24)25)22-11-9-21(10-12-22)16-5-7-20(8-6-16)13-14-29(2,26)27/h3-4,15-16H,5-14H2,1-2H3. The fourth-order valence-electron chi connectivity index (χ4n) is 4.16. The number of anilines is 1. The molecule has 0 amide bonds. The van der Waals surface area contributed by atoms with Crippen LogP contribution in [0.4, 0.5) is 11.4 Å². The van der Waals surface area contributed by atoms with Crippen LogP contribution in [0.3, 0.4) is 0 Å². The summed E-state index contributed by atoms with van der Waals surface area (Å²) >= 11 is 0. The van der Waals surface area contributed by atoms with Gasteiger partial charge in [0.05, 0.1) is 17.8 Å². The molecule has 0 saturated carbocycles. The third kappa shape index (κ3) is 5.80. The summed E-state index contributed by atoms with van der Waals surface area (Å²) in [7, 11) is -1.46. The second-order valence-corrected chi connectivity index (χ2v) is 10.1. The van der Waals surface area contributed by atoms with Gasteiger partial charge in [-0.1, -0.05) is 0 Å². The minimum Gasteiger partial charge on any atom is -0.490 e. The Kier molecular flexibility index (Phi) is 6.97. The molecule has 9 nitrogen and oxygen atoms in total. The number of benzene rings is 1. The number of hydrogen-bond acceptors (Lipinski definition) is 8. The summed E-state index contributed by atoms with van der Waals surface area (Å²) in [5, 5.41) is 11.1. The van der Waals surface area contributed by atoms with Gasteiger partial charge in [0.2, 0.25) is 0 Å². The summed E-state index contributed by atoms with van der Waals surface area (Å²) in [6.07, 6.45) is 3.42. The molecule has 3 rings (SSSR count). The van der Waals surface area contributed by atoms with Gasteiger partial charge in [-0.05, 0) is 32.0 Å². The Morgan fingerprint density at radius 2 is 1.79 bits per heavy atom. The van der Waals surface area contributed by atoms with Crippen LogP contribution in [-0.4, -0.2) is 94.1 Å². The Morgan fingerprint density at radius 3 is 2.34 bits per heavy atom. The number of hydrogen-bond donors (Lipinski definition) is 0. The highest BCUT2D eigenvalue weighted by molar-refractivity contribution is 7.90. The number of sulfone groups is 1. The zero-order valence-electron chi connectivity index (χ0n) is 17.1. The lowest BCUT2D eigenvalue weighted by Gasteiger charge is -2.43. The van der Waals surface area contributed by atoms with Crippen LogP contribution in [0.5, 0.6) is 5.75 Å². The topological polar surface area (TPSA) is 96.2 Å². The lowest BCUT2D eigenvalue weighted by molar-refractivity contribution is -0.385. The Labute approximate surface area is 172 Å². The van der Waals surface area contributed by atoms with Crippen molar-refractivity contribution in [3.05, 3.63) is 28.3 Å².